The summed E-state index contributed by atoms with van der Waals surface area (Å²) in [7, 11) is 0.783. The monoisotopic (exact) mass is 346 g/mol. The van der Waals surface area contributed by atoms with Crippen LogP contribution in [0.15, 0.2) is 30.3 Å². The Balaban J connectivity index is 0.00000312. The van der Waals surface area contributed by atoms with Gasteiger partial charge in [0, 0.05) is 5.52 Å². The van der Waals surface area contributed by atoms with Gasteiger partial charge in [0.05, 0.1) is 0 Å². The van der Waals surface area contributed by atoms with Crippen LogP contribution in [0.4, 0.5) is 0 Å². The van der Waals surface area contributed by atoms with Gasteiger partial charge >= 0.3 is 18.9 Å². The Morgan fingerprint density at radius 1 is 0.880 bits per heavy atom. The van der Waals surface area contributed by atoms with Crippen molar-refractivity contribution in [3.8, 4) is 0 Å². The number of hydrogen-bond donors (Lipinski definition) is 0. The molecule has 0 unspecified atom stereocenters. The minimum atomic E-state index is 0. The van der Waals surface area contributed by atoms with Crippen LogP contribution in [0.1, 0.15) is 77.7 Å². The number of rotatable bonds is 5. The van der Waals surface area contributed by atoms with Gasteiger partial charge in [0.2, 0.25) is 0 Å². The van der Waals surface area contributed by atoms with E-state index in [0.29, 0.717) is 11.8 Å². The summed E-state index contributed by atoms with van der Waals surface area (Å²) < 4.78 is 0. The molecule has 0 radical (unpaired) electrons. The average Bonchev–Trinajstić information content (AvgIpc) is 2.45. The zero-order chi connectivity index (χ0) is 18.0. The zero-order valence-electron chi connectivity index (χ0n) is 16.9. The smallest absolute Gasteiger partial charge is 0.426 e. The molecule has 0 fully saturated rings. The van der Waals surface area contributed by atoms with Gasteiger partial charge in [-0.25, -0.2) is 0 Å². The quantitative estimate of drug-likeness (QED) is 0.600. The van der Waals surface area contributed by atoms with Crippen molar-refractivity contribution in [2.24, 2.45) is 0 Å². The van der Waals surface area contributed by atoms with Crippen LogP contribution in [0.25, 0.3) is 0 Å². The average molecular weight is 346 g/mol. The Bertz CT molecular complexity index is 740. The van der Waals surface area contributed by atoms with Crippen molar-refractivity contribution in [3.63, 3.8) is 0 Å². The van der Waals surface area contributed by atoms with Gasteiger partial charge in [0.25, 0.3) is 0 Å². The number of hydrogen-bond acceptors (Lipinski definition) is 1. The van der Waals surface area contributed by atoms with E-state index in [1.807, 2.05) is 13.8 Å². The van der Waals surface area contributed by atoms with E-state index >= 15 is 0 Å². The van der Waals surface area contributed by atoms with E-state index in [0.717, 1.165) is 30.6 Å². The van der Waals surface area contributed by atoms with Crippen LogP contribution in [0.2, 0.25) is 0 Å². The molecule has 0 spiro atoms. The van der Waals surface area contributed by atoms with Gasteiger partial charge in [0.15, 0.2) is 0 Å². The predicted octanol–water partition coefficient (Wildman–Crippen LogP) is 3.27. The van der Waals surface area contributed by atoms with Crippen molar-refractivity contribution in [3.05, 3.63) is 63.7 Å². The SMILES string of the molecule is Cc1cc(C)c(C(=O)[P-]c2cc(C(C)C)ccc2C(C)C)c(C)c1.[Li+]. The fourth-order valence-electron chi connectivity index (χ4n) is 3.19. The first-order valence-electron chi connectivity index (χ1n) is 8.68. The topological polar surface area (TPSA) is 17.1 Å². The van der Waals surface area contributed by atoms with Crippen LogP contribution >= 0.6 is 8.58 Å². The molecule has 0 amide bonds. The standard InChI is InChI=1S/C22H28OP.Li/c1-13(2)18-8-9-19(14(3)4)20(12-18)24-22(23)21-16(6)10-15(5)11-17(21)7;/h8-14H,1-7H3;/q-1;+1. The Morgan fingerprint density at radius 2 is 1.44 bits per heavy atom. The summed E-state index contributed by atoms with van der Waals surface area (Å²) >= 11 is 0. The van der Waals surface area contributed by atoms with E-state index in [1.165, 1.54) is 16.7 Å². The van der Waals surface area contributed by atoms with Gasteiger partial charge in [-0.2, -0.15) is 5.30 Å². The van der Waals surface area contributed by atoms with Gasteiger partial charge in [-0.15, -0.1) is 0 Å². The molecule has 0 aliphatic carbocycles. The van der Waals surface area contributed by atoms with Crippen molar-refractivity contribution in [1.29, 1.82) is 0 Å². The van der Waals surface area contributed by atoms with Crippen LogP contribution in [-0.4, -0.2) is 5.52 Å². The molecule has 2 aromatic carbocycles. The Hall–Kier alpha value is -0.863. The Morgan fingerprint density at radius 3 is 1.92 bits per heavy atom. The molecule has 2 aromatic rings. The van der Waals surface area contributed by atoms with Gasteiger partial charge in [-0.1, -0.05) is 69.2 Å². The first-order chi connectivity index (χ1) is 11.2. The summed E-state index contributed by atoms with van der Waals surface area (Å²) in [6.45, 7) is 14.9. The van der Waals surface area contributed by atoms with E-state index in [-0.39, 0.29) is 24.4 Å². The van der Waals surface area contributed by atoms with E-state index in [4.69, 9.17) is 0 Å². The van der Waals surface area contributed by atoms with Crippen molar-refractivity contribution < 1.29 is 23.7 Å². The van der Waals surface area contributed by atoms with Crippen LogP contribution in [0.5, 0.6) is 0 Å². The number of carbonyl (C=O) groups is 1. The van der Waals surface area contributed by atoms with E-state index in [2.05, 4.69) is 65.0 Å². The molecule has 0 saturated heterocycles. The van der Waals surface area contributed by atoms with E-state index in [9.17, 15) is 4.79 Å². The third-order valence-corrected chi connectivity index (χ3v) is 5.51. The molecule has 0 atom stereocenters. The molecule has 0 aromatic heterocycles. The van der Waals surface area contributed by atoms with Gasteiger partial charge < -0.3 is 13.4 Å². The largest absolute Gasteiger partial charge is 1.00 e. The first-order valence-corrected chi connectivity index (χ1v) is 9.58. The van der Waals surface area contributed by atoms with Gasteiger partial charge in [-0.3, -0.25) is 0 Å². The van der Waals surface area contributed by atoms with Gasteiger partial charge in [-0.05, 0) is 54.9 Å². The molecule has 2 rings (SSSR count). The zero-order valence-corrected chi connectivity index (χ0v) is 17.8. The van der Waals surface area contributed by atoms with Gasteiger partial charge in [0.1, 0.15) is 0 Å². The third kappa shape index (κ3) is 5.31. The summed E-state index contributed by atoms with van der Waals surface area (Å²) in [5.41, 5.74) is 7.03. The summed E-state index contributed by atoms with van der Waals surface area (Å²) in [5.74, 6) is 0.889. The normalized spacial score (nSPS) is 11.4. The molecule has 3 heteroatoms. The van der Waals surface area contributed by atoms with Crippen LogP contribution in [0.3, 0.4) is 0 Å². The molecule has 0 heterocycles. The van der Waals surface area contributed by atoms with Crippen LogP contribution in [0, 0.1) is 20.8 Å². The minimum Gasteiger partial charge on any atom is -0.426 e. The molecule has 1 nitrogen and oxygen atoms in total. The molecular formula is C22H28LiOP. The van der Waals surface area contributed by atoms with Crippen LogP contribution < -0.4 is 24.2 Å². The second-order valence-corrected chi connectivity index (χ2v) is 8.43. The predicted molar refractivity (Wildman–Crippen MR) is 106 cm³/mol. The summed E-state index contributed by atoms with van der Waals surface area (Å²) in [6, 6.07) is 10.8. The molecule has 0 aliphatic heterocycles. The van der Waals surface area contributed by atoms with Crippen LogP contribution in [-0.2, 0) is 0 Å². The second kappa shape index (κ2) is 9.18. The van der Waals surface area contributed by atoms with Crippen molar-refractivity contribution in [2.75, 3.05) is 0 Å². The Labute approximate surface area is 167 Å². The maximum Gasteiger partial charge on any atom is 1.00 e. The molecule has 25 heavy (non-hydrogen) atoms. The molecule has 0 bridgehead atoms. The fraction of sp³-hybridized carbons (Fsp3) is 0.409. The molecule has 0 aliphatic rings. The minimum absolute atomic E-state index is 0. The van der Waals surface area contributed by atoms with Crippen molar-refractivity contribution in [2.45, 2.75) is 60.3 Å². The first kappa shape index (κ1) is 22.2. The maximum atomic E-state index is 13.0. The van der Waals surface area contributed by atoms with Crippen molar-refractivity contribution in [1.82, 2.24) is 0 Å². The summed E-state index contributed by atoms with van der Waals surface area (Å²) in [6.07, 6.45) is 0. The molecular weight excluding hydrogens is 318 g/mol. The second-order valence-electron chi connectivity index (χ2n) is 7.32. The molecule has 0 N–H and O–H groups in total. The maximum absolute atomic E-state index is 13.0. The summed E-state index contributed by atoms with van der Waals surface area (Å²) in [5, 5.41) is 1.15. The van der Waals surface area contributed by atoms with E-state index < -0.39 is 0 Å². The van der Waals surface area contributed by atoms with E-state index in [1.54, 1.807) is 0 Å². The fourth-order valence-corrected chi connectivity index (χ4v) is 4.55. The number of aryl methyl sites for hydroxylation is 3. The Kier molecular flexibility index (Phi) is 8.15. The molecule has 0 saturated carbocycles. The summed E-state index contributed by atoms with van der Waals surface area (Å²) in [4.78, 5) is 13.0. The third-order valence-electron chi connectivity index (χ3n) is 4.46. The molecule has 128 valence electrons. The van der Waals surface area contributed by atoms with Crippen molar-refractivity contribution >= 4 is 19.4 Å². The number of benzene rings is 2. The number of carbonyl (C=O) groups excluding carboxylic acids is 1.